The van der Waals surface area contributed by atoms with Crippen molar-refractivity contribution in [2.45, 2.75) is 70.4 Å². The Morgan fingerprint density at radius 2 is 1.63 bits per heavy atom. The van der Waals surface area contributed by atoms with E-state index in [2.05, 4.69) is 24.5 Å². The second kappa shape index (κ2) is 5.02. The molecule has 2 saturated carbocycles. The summed E-state index contributed by atoms with van der Waals surface area (Å²) < 4.78 is 0. The van der Waals surface area contributed by atoms with Crippen LogP contribution in [0, 0.1) is 5.41 Å². The second-order valence-electron chi connectivity index (χ2n) is 6.65. The number of nitrogens with one attached hydrogen (secondary N) is 2. The Morgan fingerprint density at radius 3 is 2.05 bits per heavy atom. The third-order valence-electron chi connectivity index (χ3n) is 4.54. The highest BCUT2D eigenvalue weighted by molar-refractivity contribution is 5.86. The quantitative estimate of drug-likeness (QED) is 0.687. The van der Waals surface area contributed by atoms with Crippen molar-refractivity contribution in [3.8, 4) is 0 Å². The maximum atomic E-state index is 12.0. The van der Waals surface area contributed by atoms with E-state index in [1.165, 1.54) is 0 Å². The average Bonchev–Trinajstić information content (AvgIpc) is 2.96. The summed E-state index contributed by atoms with van der Waals surface area (Å²) in [6.07, 6.45) is 5.85. The summed E-state index contributed by atoms with van der Waals surface area (Å²) >= 11 is 0. The van der Waals surface area contributed by atoms with Crippen LogP contribution in [0.25, 0.3) is 0 Å². The molecule has 3 N–H and O–H groups in total. The summed E-state index contributed by atoms with van der Waals surface area (Å²) in [6, 6.07) is -0.163. The van der Waals surface area contributed by atoms with E-state index in [-0.39, 0.29) is 17.5 Å². The van der Waals surface area contributed by atoms with E-state index in [4.69, 9.17) is 0 Å². The number of hydrogen-bond donors (Lipinski definition) is 3. The lowest BCUT2D eigenvalue weighted by Gasteiger charge is -2.29. The minimum atomic E-state index is -1.07. The minimum absolute atomic E-state index is 0.150. The molecule has 0 bridgehead atoms. The van der Waals surface area contributed by atoms with E-state index < -0.39 is 11.5 Å². The van der Waals surface area contributed by atoms with Gasteiger partial charge in [0, 0.05) is 6.04 Å². The van der Waals surface area contributed by atoms with Gasteiger partial charge in [0.15, 0.2) is 0 Å². The van der Waals surface area contributed by atoms with Crippen molar-refractivity contribution in [2.75, 3.05) is 0 Å². The van der Waals surface area contributed by atoms with Crippen LogP contribution in [0.1, 0.15) is 58.8 Å². The van der Waals surface area contributed by atoms with Gasteiger partial charge in [-0.2, -0.15) is 0 Å². The lowest BCUT2D eigenvalue weighted by Crippen LogP contribution is -2.57. The van der Waals surface area contributed by atoms with E-state index in [1.54, 1.807) is 0 Å². The number of amides is 2. The van der Waals surface area contributed by atoms with Gasteiger partial charge in [-0.05, 0) is 24.7 Å². The fourth-order valence-electron chi connectivity index (χ4n) is 2.85. The second-order valence-corrected chi connectivity index (χ2v) is 6.65. The van der Waals surface area contributed by atoms with E-state index in [9.17, 15) is 14.7 Å². The molecular formula is C14H24N2O3. The van der Waals surface area contributed by atoms with Crippen molar-refractivity contribution < 1.29 is 14.7 Å². The first-order valence-electron chi connectivity index (χ1n) is 7.18. The predicted octanol–water partition coefficient (Wildman–Crippen LogP) is 2.26. The summed E-state index contributed by atoms with van der Waals surface area (Å²) in [4.78, 5) is 23.5. The Balaban J connectivity index is 1.96. The molecule has 108 valence electrons. The topological polar surface area (TPSA) is 78.4 Å². The summed E-state index contributed by atoms with van der Waals surface area (Å²) in [5.41, 5.74) is -0.920. The molecule has 0 radical (unpaired) electrons. The Bertz CT molecular complexity index is 371. The maximum absolute atomic E-state index is 12.0. The molecule has 2 amide bonds. The lowest BCUT2D eigenvalue weighted by molar-refractivity contribution is -0.145. The molecule has 0 heterocycles. The summed E-state index contributed by atoms with van der Waals surface area (Å²) in [6.45, 7) is 4.19. The molecule has 0 saturated heterocycles. The van der Waals surface area contributed by atoms with Crippen LogP contribution < -0.4 is 10.6 Å². The van der Waals surface area contributed by atoms with Gasteiger partial charge in [0.1, 0.15) is 5.54 Å². The third-order valence-corrected chi connectivity index (χ3v) is 4.54. The first-order valence-corrected chi connectivity index (χ1v) is 7.18. The summed E-state index contributed by atoms with van der Waals surface area (Å²) in [7, 11) is 0. The van der Waals surface area contributed by atoms with Crippen molar-refractivity contribution in [3.63, 3.8) is 0 Å². The van der Waals surface area contributed by atoms with Crippen LogP contribution >= 0.6 is 0 Å². The predicted molar refractivity (Wildman–Crippen MR) is 71.9 cm³/mol. The fraction of sp³-hybridized carbons (Fsp3) is 0.857. The van der Waals surface area contributed by atoms with Crippen LogP contribution in [0.3, 0.4) is 0 Å². The van der Waals surface area contributed by atoms with Gasteiger partial charge in [-0.25, -0.2) is 9.59 Å². The molecule has 5 heteroatoms. The number of carbonyl (C=O) groups excluding carboxylic acids is 1. The monoisotopic (exact) mass is 268 g/mol. The molecule has 1 unspecified atom stereocenters. The van der Waals surface area contributed by atoms with Crippen molar-refractivity contribution in [1.82, 2.24) is 10.6 Å². The molecule has 2 aliphatic carbocycles. The van der Waals surface area contributed by atoms with Crippen LogP contribution in [0.5, 0.6) is 0 Å². The van der Waals surface area contributed by atoms with E-state index in [1.807, 2.05) is 0 Å². The van der Waals surface area contributed by atoms with Crippen LogP contribution in [-0.2, 0) is 4.79 Å². The van der Waals surface area contributed by atoms with Crippen LogP contribution in [0.2, 0.25) is 0 Å². The Morgan fingerprint density at radius 1 is 1.11 bits per heavy atom. The number of urea groups is 1. The Hall–Kier alpha value is -1.26. The molecule has 0 aromatic heterocycles. The lowest BCUT2D eigenvalue weighted by atomic mass is 9.90. The zero-order valence-corrected chi connectivity index (χ0v) is 11.8. The number of aliphatic carboxylic acids is 1. The maximum Gasteiger partial charge on any atom is 0.329 e. The molecule has 0 aromatic rings. The molecule has 2 fully saturated rings. The highest BCUT2D eigenvalue weighted by Crippen LogP contribution is 2.44. The standard InChI is InChI=1S/C14H24N2O3/c1-13(2)9-10(13)15-12(19)16-14(11(17)18)7-5-3-4-6-8-14/h10H,3-9H2,1-2H3,(H,17,18)(H2,15,16,19). The molecule has 0 aromatic carbocycles. The number of hydrogen-bond acceptors (Lipinski definition) is 2. The zero-order chi connectivity index (χ0) is 14.1. The molecular weight excluding hydrogens is 244 g/mol. The number of carboxylic acid groups (broad SMARTS) is 1. The average molecular weight is 268 g/mol. The largest absolute Gasteiger partial charge is 0.480 e. The summed E-state index contributed by atoms with van der Waals surface area (Å²) in [5, 5.41) is 15.1. The molecule has 0 spiro atoms. The van der Waals surface area contributed by atoms with Crippen molar-refractivity contribution in [1.29, 1.82) is 0 Å². The minimum Gasteiger partial charge on any atom is -0.480 e. The van der Waals surface area contributed by atoms with Crippen molar-refractivity contribution >= 4 is 12.0 Å². The van der Waals surface area contributed by atoms with Gasteiger partial charge in [-0.15, -0.1) is 0 Å². The van der Waals surface area contributed by atoms with Gasteiger partial charge < -0.3 is 15.7 Å². The van der Waals surface area contributed by atoms with Gasteiger partial charge in [0.2, 0.25) is 0 Å². The molecule has 0 aliphatic heterocycles. The number of rotatable bonds is 3. The normalized spacial score (nSPS) is 28.0. The van der Waals surface area contributed by atoms with Crippen molar-refractivity contribution in [2.24, 2.45) is 5.41 Å². The SMILES string of the molecule is CC1(C)CC1NC(=O)NC1(C(=O)O)CCCCCC1. The molecule has 2 aliphatic rings. The fourth-order valence-corrected chi connectivity index (χ4v) is 2.85. The van der Waals surface area contributed by atoms with Gasteiger partial charge >= 0.3 is 12.0 Å². The van der Waals surface area contributed by atoms with E-state index >= 15 is 0 Å². The van der Waals surface area contributed by atoms with Crippen molar-refractivity contribution in [3.05, 3.63) is 0 Å². The molecule has 5 nitrogen and oxygen atoms in total. The zero-order valence-electron chi connectivity index (χ0n) is 11.8. The highest BCUT2D eigenvalue weighted by Gasteiger charge is 2.48. The first-order chi connectivity index (χ1) is 8.86. The number of carbonyl (C=O) groups is 2. The van der Waals surface area contributed by atoms with E-state index in [0.29, 0.717) is 12.8 Å². The highest BCUT2D eigenvalue weighted by atomic mass is 16.4. The Kier molecular flexibility index (Phi) is 3.74. The molecule has 19 heavy (non-hydrogen) atoms. The van der Waals surface area contributed by atoms with Gasteiger partial charge in [-0.1, -0.05) is 39.5 Å². The molecule has 2 rings (SSSR count). The van der Waals surface area contributed by atoms with Gasteiger partial charge in [0.25, 0.3) is 0 Å². The number of carboxylic acids is 1. The van der Waals surface area contributed by atoms with Gasteiger partial charge in [-0.3, -0.25) is 0 Å². The smallest absolute Gasteiger partial charge is 0.329 e. The van der Waals surface area contributed by atoms with Crippen LogP contribution in [0.4, 0.5) is 4.79 Å². The van der Waals surface area contributed by atoms with Gasteiger partial charge in [0.05, 0.1) is 0 Å². The third kappa shape index (κ3) is 3.19. The molecule has 1 atom stereocenters. The van der Waals surface area contributed by atoms with E-state index in [0.717, 1.165) is 32.1 Å². The first kappa shape index (κ1) is 14.2. The van der Waals surface area contributed by atoms with Crippen LogP contribution in [0.15, 0.2) is 0 Å². The Labute approximate surface area is 114 Å². The van der Waals surface area contributed by atoms with Crippen LogP contribution in [-0.4, -0.2) is 28.7 Å². The summed E-state index contributed by atoms with van der Waals surface area (Å²) in [5.74, 6) is -0.903.